The van der Waals surface area contributed by atoms with Crippen LogP contribution < -0.4 is 5.73 Å². The summed E-state index contributed by atoms with van der Waals surface area (Å²) in [5.74, 6) is 2.00. The lowest BCUT2D eigenvalue weighted by Crippen LogP contribution is -2.16. The zero-order chi connectivity index (χ0) is 13.1. The first-order valence-electron chi connectivity index (χ1n) is 6.42. The van der Waals surface area contributed by atoms with Gasteiger partial charge < -0.3 is 10.7 Å². The van der Waals surface area contributed by atoms with E-state index in [9.17, 15) is 0 Å². The third kappa shape index (κ3) is 2.82. The van der Waals surface area contributed by atoms with Gasteiger partial charge in [-0.05, 0) is 30.7 Å². The first kappa shape index (κ1) is 13.3. The number of rotatable bonds is 5. The van der Waals surface area contributed by atoms with Crippen molar-refractivity contribution in [2.75, 3.05) is 6.54 Å². The monoisotopic (exact) mass is 263 g/mol. The molecular formula is C14H21N3S. The second kappa shape index (κ2) is 5.67. The van der Waals surface area contributed by atoms with Crippen LogP contribution in [-0.2, 0) is 0 Å². The second-order valence-electron chi connectivity index (χ2n) is 5.14. The first-order valence-corrected chi connectivity index (χ1v) is 7.30. The van der Waals surface area contributed by atoms with Gasteiger partial charge in [0.25, 0.3) is 0 Å². The molecule has 2 heterocycles. The number of hydrogen-bond donors (Lipinski definition) is 2. The number of aromatic nitrogens is 2. The zero-order valence-electron chi connectivity index (χ0n) is 11.2. The van der Waals surface area contributed by atoms with Crippen LogP contribution in [0.1, 0.15) is 37.7 Å². The third-order valence-corrected chi connectivity index (χ3v) is 3.96. The molecule has 0 radical (unpaired) electrons. The van der Waals surface area contributed by atoms with Gasteiger partial charge in [-0.3, -0.25) is 0 Å². The highest BCUT2D eigenvalue weighted by molar-refractivity contribution is 7.13. The molecule has 2 rings (SSSR count). The lowest BCUT2D eigenvalue weighted by atomic mass is 9.97. The Morgan fingerprint density at radius 2 is 2.22 bits per heavy atom. The second-order valence-corrected chi connectivity index (χ2v) is 6.08. The Labute approximate surface area is 112 Å². The summed E-state index contributed by atoms with van der Waals surface area (Å²) in [5, 5.41) is 2.08. The Morgan fingerprint density at radius 1 is 1.44 bits per heavy atom. The standard InChI is InChI=1S/C14H21N3S/c1-9(2)7-11(8-15)14-16-10(3)13(17-14)12-5-4-6-18-12/h4-6,9,11H,7-8,15H2,1-3H3,(H,16,17). The van der Waals surface area contributed by atoms with Crippen LogP contribution in [0.2, 0.25) is 0 Å². The SMILES string of the molecule is Cc1[nH]c(C(CN)CC(C)C)nc1-c1cccs1. The number of imidazole rings is 1. The minimum absolute atomic E-state index is 0.331. The summed E-state index contributed by atoms with van der Waals surface area (Å²) >= 11 is 1.72. The van der Waals surface area contributed by atoms with Crippen LogP contribution in [0.5, 0.6) is 0 Å². The number of thiophene rings is 1. The van der Waals surface area contributed by atoms with Gasteiger partial charge >= 0.3 is 0 Å². The fraction of sp³-hybridized carbons (Fsp3) is 0.500. The Hall–Kier alpha value is -1.13. The molecule has 0 bridgehead atoms. The summed E-state index contributed by atoms with van der Waals surface area (Å²) in [4.78, 5) is 9.37. The van der Waals surface area contributed by atoms with Crippen molar-refractivity contribution < 1.29 is 0 Å². The normalized spacial score (nSPS) is 13.2. The van der Waals surface area contributed by atoms with E-state index in [4.69, 9.17) is 10.7 Å². The Morgan fingerprint density at radius 3 is 2.78 bits per heavy atom. The maximum atomic E-state index is 5.87. The van der Waals surface area contributed by atoms with E-state index in [1.165, 1.54) is 4.88 Å². The van der Waals surface area contributed by atoms with Crippen molar-refractivity contribution in [3.63, 3.8) is 0 Å². The lowest BCUT2D eigenvalue weighted by molar-refractivity contribution is 0.490. The van der Waals surface area contributed by atoms with Crippen molar-refractivity contribution in [1.82, 2.24) is 9.97 Å². The molecule has 3 nitrogen and oxygen atoms in total. The molecule has 18 heavy (non-hydrogen) atoms. The number of aryl methyl sites for hydroxylation is 1. The summed E-state index contributed by atoms with van der Waals surface area (Å²) in [6.45, 7) is 7.17. The largest absolute Gasteiger partial charge is 0.345 e. The van der Waals surface area contributed by atoms with E-state index in [1.807, 2.05) is 0 Å². The molecular weight excluding hydrogens is 242 g/mol. The minimum atomic E-state index is 0.331. The maximum absolute atomic E-state index is 5.87. The Bertz CT molecular complexity index is 485. The number of nitrogens with two attached hydrogens (primary N) is 1. The molecule has 0 aromatic carbocycles. The van der Waals surface area contributed by atoms with Gasteiger partial charge in [0, 0.05) is 18.2 Å². The Balaban J connectivity index is 2.27. The van der Waals surface area contributed by atoms with Crippen molar-refractivity contribution in [3.05, 3.63) is 29.0 Å². The fourth-order valence-corrected chi connectivity index (χ4v) is 2.99. The fourth-order valence-electron chi connectivity index (χ4n) is 2.22. The Kier molecular flexibility index (Phi) is 4.19. The van der Waals surface area contributed by atoms with E-state index in [0.717, 1.165) is 23.6 Å². The average molecular weight is 263 g/mol. The van der Waals surface area contributed by atoms with Crippen molar-refractivity contribution >= 4 is 11.3 Å². The van der Waals surface area contributed by atoms with E-state index in [2.05, 4.69) is 43.3 Å². The van der Waals surface area contributed by atoms with Crippen LogP contribution in [0.15, 0.2) is 17.5 Å². The van der Waals surface area contributed by atoms with E-state index in [1.54, 1.807) is 11.3 Å². The number of nitrogens with zero attached hydrogens (tertiary/aromatic N) is 1. The topological polar surface area (TPSA) is 54.7 Å². The molecule has 0 aliphatic heterocycles. The van der Waals surface area contributed by atoms with Crippen LogP contribution >= 0.6 is 11.3 Å². The third-order valence-electron chi connectivity index (χ3n) is 3.08. The molecule has 0 saturated heterocycles. The van der Waals surface area contributed by atoms with Crippen molar-refractivity contribution in [2.45, 2.75) is 33.1 Å². The van der Waals surface area contributed by atoms with E-state index in [-0.39, 0.29) is 0 Å². The van der Waals surface area contributed by atoms with Gasteiger partial charge in [0.15, 0.2) is 0 Å². The molecule has 1 atom stereocenters. The predicted molar refractivity (Wildman–Crippen MR) is 77.9 cm³/mol. The number of H-pyrrole nitrogens is 1. The highest BCUT2D eigenvalue weighted by Gasteiger charge is 2.18. The average Bonchev–Trinajstić information content (AvgIpc) is 2.94. The maximum Gasteiger partial charge on any atom is 0.111 e. The molecule has 0 saturated carbocycles. The number of aromatic amines is 1. The molecule has 0 spiro atoms. The smallest absolute Gasteiger partial charge is 0.111 e. The molecule has 2 aromatic rings. The van der Waals surface area contributed by atoms with Crippen molar-refractivity contribution in [3.8, 4) is 10.6 Å². The molecule has 0 amide bonds. The van der Waals surface area contributed by atoms with E-state index < -0.39 is 0 Å². The summed E-state index contributed by atoms with van der Waals surface area (Å²) in [6.07, 6.45) is 1.08. The van der Waals surface area contributed by atoms with Gasteiger partial charge in [0.1, 0.15) is 11.5 Å². The van der Waals surface area contributed by atoms with Gasteiger partial charge in [0.2, 0.25) is 0 Å². The molecule has 98 valence electrons. The van der Waals surface area contributed by atoms with Crippen LogP contribution in [0.3, 0.4) is 0 Å². The zero-order valence-corrected chi connectivity index (χ0v) is 12.1. The summed E-state index contributed by atoms with van der Waals surface area (Å²) in [7, 11) is 0. The number of nitrogens with one attached hydrogen (secondary N) is 1. The van der Waals surface area contributed by atoms with Gasteiger partial charge in [-0.1, -0.05) is 19.9 Å². The molecule has 3 N–H and O–H groups in total. The van der Waals surface area contributed by atoms with Gasteiger partial charge in [-0.15, -0.1) is 11.3 Å². The van der Waals surface area contributed by atoms with E-state index in [0.29, 0.717) is 18.4 Å². The van der Waals surface area contributed by atoms with Gasteiger partial charge in [-0.25, -0.2) is 4.98 Å². The van der Waals surface area contributed by atoms with Crippen LogP contribution in [0, 0.1) is 12.8 Å². The molecule has 1 unspecified atom stereocenters. The molecule has 0 fully saturated rings. The van der Waals surface area contributed by atoms with Gasteiger partial charge in [-0.2, -0.15) is 0 Å². The van der Waals surface area contributed by atoms with Crippen molar-refractivity contribution in [2.24, 2.45) is 11.7 Å². The highest BCUT2D eigenvalue weighted by atomic mass is 32.1. The molecule has 4 heteroatoms. The van der Waals surface area contributed by atoms with Crippen molar-refractivity contribution in [1.29, 1.82) is 0 Å². The summed E-state index contributed by atoms with van der Waals surface area (Å²) < 4.78 is 0. The molecule has 0 aliphatic carbocycles. The molecule has 2 aromatic heterocycles. The minimum Gasteiger partial charge on any atom is -0.345 e. The quantitative estimate of drug-likeness (QED) is 0.867. The van der Waals surface area contributed by atoms with Crippen LogP contribution in [0.4, 0.5) is 0 Å². The molecule has 0 aliphatic rings. The first-order chi connectivity index (χ1) is 8.61. The van der Waals surface area contributed by atoms with Crippen LogP contribution in [-0.4, -0.2) is 16.5 Å². The number of hydrogen-bond acceptors (Lipinski definition) is 3. The van der Waals surface area contributed by atoms with Gasteiger partial charge in [0.05, 0.1) is 4.88 Å². The highest BCUT2D eigenvalue weighted by Crippen LogP contribution is 2.29. The summed E-state index contributed by atoms with van der Waals surface area (Å²) in [5.41, 5.74) is 8.08. The lowest BCUT2D eigenvalue weighted by Gasteiger charge is -2.14. The predicted octanol–water partition coefficient (Wildman–Crippen LogP) is 3.54. The van der Waals surface area contributed by atoms with Crippen LogP contribution in [0.25, 0.3) is 10.6 Å². The van der Waals surface area contributed by atoms with E-state index >= 15 is 0 Å². The summed E-state index contributed by atoms with van der Waals surface area (Å²) in [6, 6.07) is 4.17.